The van der Waals surface area contributed by atoms with Crippen molar-refractivity contribution < 1.29 is 19.0 Å². The molecule has 11 heteroatoms. The molecule has 0 saturated heterocycles. The van der Waals surface area contributed by atoms with Gasteiger partial charge in [-0.25, -0.2) is 9.78 Å². The Bertz CT molecular complexity index is 1160. The van der Waals surface area contributed by atoms with Crippen LogP contribution in [-0.4, -0.2) is 39.0 Å². The molecule has 3 N–H and O–H groups in total. The molecular weight excluding hydrogens is 448 g/mol. The first kappa shape index (κ1) is 21.6. The zero-order chi connectivity index (χ0) is 22.8. The Hall–Kier alpha value is -3.27. The first-order valence-corrected chi connectivity index (χ1v) is 11.4. The quantitative estimate of drug-likeness (QED) is 0.518. The maximum atomic E-state index is 12.0. The third-order valence-corrected chi connectivity index (χ3v) is 6.43. The van der Waals surface area contributed by atoms with Crippen LogP contribution in [0, 0.1) is 5.92 Å². The lowest BCUT2D eigenvalue weighted by Gasteiger charge is -2.29. The molecule has 0 spiro atoms. The highest BCUT2D eigenvalue weighted by Gasteiger charge is 2.25. The van der Waals surface area contributed by atoms with Crippen LogP contribution in [0.4, 0.5) is 10.6 Å². The van der Waals surface area contributed by atoms with Crippen LogP contribution in [0.25, 0.3) is 11.2 Å². The summed E-state index contributed by atoms with van der Waals surface area (Å²) < 4.78 is 18.1. The third-order valence-electron chi connectivity index (χ3n) is 6.26. The van der Waals surface area contributed by atoms with Crippen molar-refractivity contribution in [3.8, 4) is 11.5 Å². The highest BCUT2D eigenvalue weighted by molar-refractivity contribution is 6.28. The number of imidazole rings is 1. The van der Waals surface area contributed by atoms with Gasteiger partial charge in [0.25, 0.3) is 0 Å². The summed E-state index contributed by atoms with van der Waals surface area (Å²) in [7, 11) is 0. The van der Waals surface area contributed by atoms with Gasteiger partial charge >= 0.3 is 6.09 Å². The second kappa shape index (κ2) is 9.30. The second-order valence-electron chi connectivity index (χ2n) is 8.34. The number of hydrogen-bond acceptors (Lipinski definition) is 8. The van der Waals surface area contributed by atoms with E-state index in [0.29, 0.717) is 47.8 Å². The number of nitrogens with one attached hydrogen (secondary N) is 1. The van der Waals surface area contributed by atoms with Crippen molar-refractivity contribution in [3.05, 3.63) is 35.4 Å². The number of hydrogen-bond donors (Lipinski definition) is 2. The lowest BCUT2D eigenvalue weighted by Crippen LogP contribution is -2.25. The van der Waals surface area contributed by atoms with Gasteiger partial charge in [0.2, 0.25) is 12.1 Å². The lowest BCUT2D eigenvalue weighted by atomic mass is 9.84. The van der Waals surface area contributed by atoms with Crippen LogP contribution in [0.2, 0.25) is 5.28 Å². The summed E-state index contributed by atoms with van der Waals surface area (Å²) in [6.07, 6.45) is 6.27. The molecule has 3 aromatic rings. The van der Waals surface area contributed by atoms with E-state index in [1.165, 1.54) is 0 Å². The summed E-state index contributed by atoms with van der Waals surface area (Å²) in [6.45, 7) is 1.000. The average molecular weight is 473 g/mol. The molecule has 5 rings (SSSR count). The van der Waals surface area contributed by atoms with E-state index in [4.69, 9.17) is 31.5 Å². The van der Waals surface area contributed by atoms with Gasteiger partial charge in [-0.05, 0) is 67.3 Å². The molecule has 0 unspecified atom stereocenters. The maximum Gasteiger partial charge on any atom is 0.407 e. The topological polar surface area (TPSA) is 126 Å². The van der Waals surface area contributed by atoms with E-state index in [1.807, 2.05) is 18.2 Å². The Morgan fingerprint density at radius 3 is 2.88 bits per heavy atom. The Kier molecular flexibility index (Phi) is 6.08. The van der Waals surface area contributed by atoms with Crippen LogP contribution in [0.15, 0.2) is 24.5 Å². The third kappa shape index (κ3) is 4.75. The molecule has 0 atom stereocenters. The number of nitrogens with zero attached hydrogens (tertiary/aromatic N) is 4. The van der Waals surface area contributed by atoms with E-state index >= 15 is 0 Å². The van der Waals surface area contributed by atoms with Crippen molar-refractivity contribution in [2.45, 2.75) is 44.7 Å². The zero-order valence-corrected chi connectivity index (χ0v) is 18.8. The number of amides is 1. The van der Waals surface area contributed by atoms with Gasteiger partial charge < -0.3 is 29.8 Å². The number of alkyl carbamates (subject to hydrolysis) is 1. The number of anilines is 1. The van der Waals surface area contributed by atoms with Crippen LogP contribution in [-0.2, 0) is 11.3 Å². The number of nitrogen functional groups attached to an aromatic ring is 1. The van der Waals surface area contributed by atoms with Crippen molar-refractivity contribution >= 4 is 34.7 Å². The Morgan fingerprint density at radius 2 is 2.03 bits per heavy atom. The number of carbonyl (C=O) groups is 1. The van der Waals surface area contributed by atoms with Crippen molar-refractivity contribution in [2.75, 3.05) is 19.1 Å². The SMILES string of the molecule is Nc1nc(Cl)nc2c1ncn2C1CCC(CCOC(=O)NCc2ccc3c(c2)OCO3)CC1. The predicted octanol–water partition coefficient (Wildman–Crippen LogP) is 3.84. The molecule has 1 saturated carbocycles. The average Bonchev–Trinajstić information content (AvgIpc) is 3.45. The van der Waals surface area contributed by atoms with Crippen LogP contribution >= 0.6 is 11.6 Å². The fourth-order valence-electron chi connectivity index (χ4n) is 4.48. The molecule has 1 aliphatic carbocycles. The molecule has 33 heavy (non-hydrogen) atoms. The Morgan fingerprint density at radius 1 is 1.21 bits per heavy atom. The molecule has 1 amide bonds. The molecular formula is C22H25ClN6O4. The molecule has 1 fully saturated rings. The maximum absolute atomic E-state index is 12.0. The molecule has 3 heterocycles. The fourth-order valence-corrected chi connectivity index (χ4v) is 4.66. The standard InChI is InChI=1S/C22H25ClN6O4/c23-21-27-19(24)18-20(28-21)29(11-26-18)15-4-1-13(2-5-15)7-8-31-22(30)25-10-14-3-6-16-17(9-14)33-12-32-16/h3,6,9,11,13,15H,1-2,4-5,7-8,10,12H2,(H,25,30)(H2,24,27,28). The largest absolute Gasteiger partial charge is 0.454 e. The normalized spacial score (nSPS) is 19.5. The van der Waals surface area contributed by atoms with Crippen LogP contribution in [0.3, 0.4) is 0 Å². The smallest absolute Gasteiger partial charge is 0.407 e. The van der Waals surface area contributed by atoms with E-state index in [2.05, 4.69) is 24.8 Å². The van der Waals surface area contributed by atoms with Gasteiger partial charge in [0.1, 0.15) is 5.52 Å². The number of halogens is 1. The van der Waals surface area contributed by atoms with Gasteiger partial charge in [0.05, 0.1) is 12.9 Å². The molecule has 174 valence electrons. The predicted molar refractivity (Wildman–Crippen MR) is 121 cm³/mol. The summed E-state index contributed by atoms with van der Waals surface area (Å²) in [5.41, 5.74) is 8.10. The van der Waals surface area contributed by atoms with E-state index in [-0.39, 0.29) is 12.1 Å². The highest BCUT2D eigenvalue weighted by Crippen LogP contribution is 2.36. The first-order valence-electron chi connectivity index (χ1n) is 11.0. The number of aromatic nitrogens is 4. The number of carbonyl (C=O) groups excluding carboxylic acids is 1. The fraction of sp³-hybridized carbons (Fsp3) is 0.455. The molecule has 2 aromatic heterocycles. The minimum atomic E-state index is -0.416. The summed E-state index contributed by atoms with van der Waals surface area (Å²) in [4.78, 5) is 24.7. The van der Waals surface area contributed by atoms with Gasteiger partial charge in [0, 0.05) is 12.6 Å². The number of benzene rings is 1. The van der Waals surface area contributed by atoms with Gasteiger partial charge in [-0.3, -0.25) is 0 Å². The molecule has 10 nitrogen and oxygen atoms in total. The zero-order valence-electron chi connectivity index (χ0n) is 18.0. The van der Waals surface area contributed by atoms with E-state index < -0.39 is 6.09 Å². The first-order chi connectivity index (χ1) is 16.1. The van der Waals surface area contributed by atoms with Crippen molar-refractivity contribution in [1.82, 2.24) is 24.8 Å². The Labute approximate surface area is 195 Å². The van der Waals surface area contributed by atoms with E-state index in [1.54, 1.807) is 6.33 Å². The molecule has 1 aromatic carbocycles. The number of rotatable bonds is 6. The van der Waals surface area contributed by atoms with Gasteiger partial charge in [0.15, 0.2) is 23.0 Å². The van der Waals surface area contributed by atoms with Gasteiger partial charge in [-0.15, -0.1) is 0 Å². The second-order valence-corrected chi connectivity index (χ2v) is 8.68. The number of nitrogens with two attached hydrogens (primary N) is 1. The number of ether oxygens (including phenoxy) is 3. The summed E-state index contributed by atoms with van der Waals surface area (Å²) in [5.74, 6) is 2.23. The monoisotopic (exact) mass is 472 g/mol. The molecule has 1 aliphatic heterocycles. The molecule has 0 bridgehead atoms. The van der Waals surface area contributed by atoms with Gasteiger partial charge in [-0.1, -0.05) is 6.07 Å². The van der Waals surface area contributed by atoms with Crippen molar-refractivity contribution in [1.29, 1.82) is 0 Å². The van der Waals surface area contributed by atoms with E-state index in [0.717, 1.165) is 43.4 Å². The minimum Gasteiger partial charge on any atom is -0.454 e. The highest BCUT2D eigenvalue weighted by atomic mass is 35.5. The van der Waals surface area contributed by atoms with E-state index in [9.17, 15) is 4.79 Å². The summed E-state index contributed by atoms with van der Waals surface area (Å²) in [5, 5.41) is 2.91. The minimum absolute atomic E-state index is 0.129. The van der Waals surface area contributed by atoms with Gasteiger partial charge in [-0.2, -0.15) is 9.97 Å². The molecule has 0 radical (unpaired) electrons. The summed E-state index contributed by atoms with van der Waals surface area (Å²) >= 11 is 5.98. The van der Waals surface area contributed by atoms with Crippen molar-refractivity contribution in [2.24, 2.45) is 5.92 Å². The van der Waals surface area contributed by atoms with Crippen LogP contribution in [0.1, 0.15) is 43.7 Å². The Balaban J connectivity index is 1.05. The molecule has 2 aliphatic rings. The van der Waals surface area contributed by atoms with Crippen LogP contribution in [0.5, 0.6) is 11.5 Å². The number of fused-ring (bicyclic) bond motifs is 2. The van der Waals surface area contributed by atoms with Crippen molar-refractivity contribution in [3.63, 3.8) is 0 Å². The summed E-state index contributed by atoms with van der Waals surface area (Å²) in [6, 6.07) is 5.88. The van der Waals surface area contributed by atoms with Crippen LogP contribution < -0.4 is 20.5 Å². The lowest BCUT2D eigenvalue weighted by molar-refractivity contribution is 0.131.